The van der Waals surface area contributed by atoms with Gasteiger partial charge in [0.05, 0.1) is 17.4 Å². The van der Waals surface area contributed by atoms with Crippen LogP contribution >= 0.6 is 0 Å². The highest BCUT2D eigenvalue weighted by atomic mass is 16.6. The van der Waals surface area contributed by atoms with Gasteiger partial charge in [-0.15, -0.1) is 10.2 Å². The maximum Gasteiger partial charge on any atom is 0.410 e. The topological polar surface area (TPSA) is 111 Å². The van der Waals surface area contributed by atoms with E-state index in [2.05, 4.69) is 34.3 Å². The third kappa shape index (κ3) is 5.08. The number of carbonyl (C=O) groups excluding carboxylic acids is 2. The monoisotopic (exact) mass is 522 g/mol. The van der Waals surface area contributed by atoms with E-state index in [1.165, 1.54) is 0 Å². The van der Waals surface area contributed by atoms with Gasteiger partial charge in [-0.3, -0.25) is 4.79 Å². The van der Waals surface area contributed by atoms with Gasteiger partial charge >= 0.3 is 6.09 Å². The standard InChI is InChI=1S/C28H38N6O4/c1-27(2,3)38-26(37)33-11-10-20(28(4,5)17-33)25(36)32-12-13-34-18(16-32)15-29-24-22(34)14-21(30-31-24)19-8-6-7-9-23(19)35/h6-9,14,18,20,35H,10-13,15-17H2,1-5H3,(H,29,31)/t18-,20?/m0/s1. The van der Waals surface area contributed by atoms with Crippen molar-refractivity contribution in [2.45, 2.75) is 52.7 Å². The number of piperidine rings is 1. The second-order valence-corrected chi connectivity index (χ2v) is 12.2. The molecule has 2 N–H and O–H groups in total. The van der Waals surface area contributed by atoms with E-state index in [-0.39, 0.29) is 35.1 Å². The van der Waals surface area contributed by atoms with Crippen LogP contribution in [0.25, 0.3) is 11.3 Å². The maximum atomic E-state index is 13.8. The number of hydrogen-bond donors (Lipinski definition) is 2. The Morgan fingerprint density at radius 1 is 1.11 bits per heavy atom. The number of carbonyl (C=O) groups is 2. The van der Waals surface area contributed by atoms with Gasteiger partial charge < -0.3 is 29.9 Å². The van der Waals surface area contributed by atoms with Crippen LogP contribution in [-0.4, -0.2) is 88.0 Å². The molecule has 2 fully saturated rings. The molecule has 5 rings (SSSR count). The number of nitrogens with one attached hydrogen (secondary N) is 1. The van der Waals surface area contributed by atoms with Crippen molar-refractivity contribution in [2.75, 3.05) is 49.5 Å². The van der Waals surface area contributed by atoms with E-state index in [4.69, 9.17) is 4.74 Å². The number of rotatable bonds is 2. The number of phenolic OH excluding ortho intramolecular Hbond substituents is 1. The molecule has 0 spiro atoms. The molecule has 2 aromatic rings. The molecule has 0 aliphatic carbocycles. The number of ether oxygens (including phenoxy) is 1. The number of anilines is 2. The molecule has 0 radical (unpaired) electrons. The van der Waals surface area contributed by atoms with Crippen LogP contribution in [0.1, 0.15) is 41.0 Å². The van der Waals surface area contributed by atoms with Crippen molar-refractivity contribution in [1.29, 1.82) is 0 Å². The summed E-state index contributed by atoms with van der Waals surface area (Å²) in [6.07, 6.45) is 0.305. The van der Waals surface area contributed by atoms with Gasteiger partial charge in [-0.25, -0.2) is 4.79 Å². The first kappa shape index (κ1) is 26.1. The molecule has 2 amide bonds. The van der Waals surface area contributed by atoms with Crippen molar-refractivity contribution in [1.82, 2.24) is 20.0 Å². The number of aromatic nitrogens is 2. The summed E-state index contributed by atoms with van der Waals surface area (Å²) in [4.78, 5) is 32.4. The van der Waals surface area contributed by atoms with Crippen molar-refractivity contribution in [3.05, 3.63) is 30.3 Å². The number of amides is 2. The highest BCUT2D eigenvalue weighted by molar-refractivity contribution is 5.82. The van der Waals surface area contributed by atoms with Crippen LogP contribution < -0.4 is 10.2 Å². The number of likely N-dealkylation sites (tertiary alicyclic amines) is 1. The van der Waals surface area contributed by atoms with Gasteiger partial charge in [0.1, 0.15) is 11.4 Å². The molecular formula is C28H38N6O4. The van der Waals surface area contributed by atoms with E-state index < -0.39 is 5.60 Å². The Bertz CT molecular complexity index is 1230. The first-order valence-electron chi connectivity index (χ1n) is 13.4. The first-order valence-corrected chi connectivity index (χ1v) is 13.4. The normalized spacial score (nSPS) is 22.7. The van der Waals surface area contributed by atoms with E-state index in [0.29, 0.717) is 56.9 Å². The lowest BCUT2D eigenvalue weighted by Crippen LogP contribution is -2.61. The minimum Gasteiger partial charge on any atom is -0.507 e. The van der Waals surface area contributed by atoms with Gasteiger partial charge in [-0.1, -0.05) is 26.0 Å². The van der Waals surface area contributed by atoms with Crippen molar-refractivity contribution in [2.24, 2.45) is 11.3 Å². The average molecular weight is 523 g/mol. The van der Waals surface area contributed by atoms with Crippen LogP contribution in [0.5, 0.6) is 5.75 Å². The Morgan fingerprint density at radius 2 is 1.87 bits per heavy atom. The number of fused-ring (bicyclic) bond motifs is 3. The van der Waals surface area contributed by atoms with Gasteiger partial charge in [0.2, 0.25) is 5.91 Å². The van der Waals surface area contributed by atoms with Crippen LogP contribution in [-0.2, 0) is 9.53 Å². The summed E-state index contributed by atoms with van der Waals surface area (Å²) >= 11 is 0. The van der Waals surface area contributed by atoms with E-state index in [0.717, 1.165) is 11.5 Å². The Hall–Kier alpha value is -3.56. The summed E-state index contributed by atoms with van der Waals surface area (Å²) in [5.41, 5.74) is 1.28. The van der Waals surface area contributed by atoms with Crippen LogP contribution in [0.3, 0.4) is 0 Å². The fraction of sp³-hybridized carbons (Fsp3) is 0.571. The van der Waals surface area contributed by atoms with E-state index in [1.54, 1.807) is 17.0 Å². The zero-order valence-electron chi connectivity index (χ0n) is 22.9. The van der Waals surface area contributed by atoms with Crippen molar-refractivity contribution in [3.8, 4) is 17.0 Å². The lowest BCUT2D eigenvalue weighted by molar-refractivity contribution is -0.143. The molecule has 1 aromatic carbocycles. The number of piperazine rings is 1. The van der Waals surface area contributed by atoms with Crippen LogP contribution in [0.15, 0.2) is 30.3 Å². The Labute approximate surface area is 224 Å². The smallest absolute Gasteiger partial charge is 0.410 e. The van der Waals surface area contributed by atoms with Gasteiger partial charge in [-0.05, 0) is 50.8 Å². The molecule has 1 unspecified atom stereocenters. The predicted molar refractivity (Wildman–Crippen MR) is 145 cm³/mol. The molecule has 1 aromatic heterocycles. The minimum atomic E-state index is -0.548. The number of nitrogens with zero attached hydrogens (tertiary/aromatic N) is 5. The summed E-state index contributed by atoms with van der Waals surface area (Å²) in [5.74, 6) is 0.885. The van der Waals surface area contributed by atoms with Gasteiger partial charge in [0.25, 0.3) is 0 Å². The summed E-state index contributed by atoms with van der Waals surface area (Å²) in [7, 11) is 0. The van der Waals surface area contributed by atoms with E-state index >= 15 is 0 Å². The van der Waals surface area contributed by atoms with E-state index in [1.807, 2.05) is 43.9 Å². The molecule has 3 aliphatic rings. The van der Waals surface area contributed by atoms with E-state index in [9.17, 15) is 14.7 Å². The average Bonchev–Trinajstić information content (AvgIpc) is 2.86. The molecule has 10 heteroatoms. The Kier molecular flexibility index (Phi) is 6.61. The molecule has 38 heavy (non-hydrogen) atoms. The molecule has 4 heterocycles. The SMILES string of the molecule is CC(C)(C)OC(=O)N1CCC(C(=O)N2CCN3c4cc(-c5ccccc5O)nnc4NC[C@H]3C2)C(C)(C)C1. The zero-order chi connectivity index (χ0) is 27.2. The zero-order valence-corrected chi connectivity index (χ0v) is 22.9. The summed E-state index contributed by atoms with van der Waals surface area (Å²) in [6.45, 7) is 13.3. The molecule has 2 saturated heterocycles. The minimum absolute atomic E-state index is 0.103. The van der Waals surface area contributed by atoms with Crippen molar-refractivity contribution < 1.29 is 19.4 Å². The van der Waals surface area contributed by atoms with Crippen molar-refractivity contribution in [3.63, 3.8) is 0 Å². The van der Waals surface area contributed by atoms with Crippen LogP contribution in [0.2, 0.25) is 0 Å². The summed E-state index contributed by atoms with van der Waals surface area (Å²) in [5, 5.41) is 22.4. The second-order valence-electron chi connectivity index (χ2n) is 12.2. The Morgan fingerprint density at radius 3 is 2.58 bits per heavy atom. The van der Waals surface area contributed by atoms with Crippen molar-refractivity contribution >= 4 is 23.5 Å². The lowest BCUT2D eigenvalue weighted by atomic mass is 9.73. The fourth-order valence-electron chi connectivity index (χ4n) is 5.83. The highest BCUT2D eigenvalue weighted by Crippen LogP contribution is 2.39. The third-order valence-electron chi connectivity index (χ3n) is 7.74. The fourth-order valence-corrected chi connectivity index (χ4v) is 5.83. The molecular weight excluding hydrogens is 484 g/mol. The van der Waals surface area contributed by atoms with Gasteiger partial charge in [0.15, 0.2) is 5.82 Å². The van der Waals surface area contributed by atoms with Crippen LogP contribution in [0.4, 0.5) is 16.3 Å². The summed E-state index contributed by atoms with van der Waals surface area (Å²) in [6, 6.07) is 9.17. The molecule has 3 aliphatic heterocycles. The molecule has 0 saturated carbocycles. The van der Waals surface area contributed by atoms with Gasteiger partial charge in [-0.2, -0.15) is 0 Å². The Balaban J connectivity index is 1.27. The predicted octanol–water partition coefficient (Wildman–Crippen LogP) is 3.58. The quantitative estimate of drug-likeness (QED) is 0.616. The third-order valence-corrected chi connectivity index (χ3v) is 7.74. The first-order chi connectivity index (χ1) is 17.9. The molecule has 10 nitrogen and oxygen atoms in total. The maximum absolute atomic E-state index is 13.8. The highest BCUT2D eigenvalue weighted by Gasteiger charge is 2.45. The molecule has 204 valence electrons. The lowest BCUT2D eigenvalue weighted by Gasteiger charge is -2.49. The largest absolute Gasteiger partial charge is 0.507 e. The van der Waals surface area contributed by atoms with Gasteiger partial charge in [0, 0.05) is 50.7 Å². The number of phenols is 1. The molecule has 2 atom stereocenters. The molecule has 0 bridgehead atoms. The number of aromatic hydroxyl groups is 1. The van der Waals surface area contributed by atoms with Crippen LogP contribution in [0, 0.1) is 11.3 Å². The summed E-state index contributed by atoms with van der Waals surface area (Å²) < 4.78 is 5.57. The number of para-hydroxylation sites is 1. The second kappa shape index (κ2) is 9.63. The number of hydrogen-bond acceptors (Lipinski definition) is 8. The number of benzene rings is 1.